The summed E-state index contributed by atoms with van der Waals surface area (Å²) in [6.45, 7) is 0. The minimum absolute atomic E-state index is 0.145. The summed E-state index contributed by atoms with van der Waals surface area (Å²) in [4.78, 5) is 11.9. The predicted octanol–water partition coefficient (Wildman–Crippen LogP) is 4.18. The van der Waals surface area contributed by atoms with E-state index in [1.54, 1.807) is 12.4 Å². The van der Waals surface area contributed by atoms with Gasteiger partial charge in [0.15, 0.2) is 5.16 Å². The summed E-state index contributed by atoms with van der Waals surface area (Å²) in [6, 6.07) is 13.0. The van der Waals surface area contributed by atoms with Gasteiger partial charge in [-0.1, -0.05) is 29.4 Å². The van der Waals surface area contributed by atoms with E-state index in [2.05, 4.69) is 15.5 Å². The number of benzene rings is 2. The number of halogens is 2. The fraction of sp³-hybridized carbons (Fsp3) is 0.118. The zero-order valence-electron chi connectivity index (χ0n) is 13.0. The summed E-state index contributed by atoms with van der Waals surface area (Å²) in [5.74, 6) is 0.0496. The second-order valence-electron chi connectivity index (χ2n) is 5.12. The maximum atomic E-state index is 12.8. The molecule has 1 amide bonds. The van der Waals surface area contributed by atoms with Crippen LogP contribution in [0.5, 0.6) is 0 Å². The molecule has 1 heterocycles. The van der Waals surface area contributed by atoms with Crippen LogP contribution in [0.25, 0.3) is 5.69 Å². The molecule has 0 aliphatic heterocycles. The van der Waals surface area contributed by atoms with Gasteiger partial charge in [-0.3, -0.25) is 9.36 Å². The summed E-state index contributed by atoms with van der Waals surface area (Å²) in [5, 5.41) is 12.0. The highest BCUT2D eigenvalue weighted by Crippen LogP contribution is 2.22. The van der Waals surface area contributed by atoms with Crippen molar-refractivity contribution in [2.45, 2.75) is 11.6 Å². The molecule has 0 bridgehead atoms. The summed E-state index contributed by atoms with van der Waals surface area (Å²) in [6.07, 6.45) is 1.90. The number of carbonyl (C=O) groups excluding carboxylic acids is 1. The Labute approximate surface area is 153 Å². The van der Waals surface area contributed by atoms with E-state index in [1.165, 1.54) is 36.0 Å². The lowest BCUT2D eigenvalue weighted by atomic mass is 10.3. The molecule has 1 N–H and O–H groups in total. The van der Waals surface area contributed by atoms with Crippen molar-refractivity contribution in [1.29, 1.82) is 0 Å². The van der Waals surface area contributed by atoms with E-state index in [0.717, 1.165) is 5.69 Å². The molecule has 0 unspecified atom stereocenters. The van der Waals surface area contributed by atoms with Crippen LogP contribution >= 0.6 is 23.4 Å². The third-order valence-corrected chi connectivity index (χ3v) is 4.47. The molecular formula is C17H14ClFN4OS. The summed E-state index contributed by atoms with van der Waals surface area (Å²) in [5.41, 5.74) is 1.43. The van der Waals surface area contributed by atoms with Crippen molar-refractivity contribution in [1.82, 2.24) is 14.8 Å². The minimum atomic E-state index is -0.339. The SMILES string of the molecule is O=C(CCSc1nncn1-c1cccc(Cl)c1)Nc1ccc(F)cc1. The van der Waals surface area contributed by atoms with Gasteiger partial charge in [-0.15, -0.1) is 10.2 Å². The Balaban J connectivity index is 1.55. The average Bonchev–Trinajstić information content (AvgIpc) is 3.05. The minimum Gasteiger partial charge on any atom is -0.326 e. The summed E-state index contributed by atoms with van der Waals surface area (Å²) < 4.78 is 14.7. The molecule has 3 aromatic rings. The molecule has 0 aliphatic carbocycles. The standard InChI is InChI=1S/C17H14ClFN4OS/c18-12-2-1-3-15(10-12)23-11-20-22-17(23)25-9-8-16(24)21-14-6-4-13(19)5-7-14/h1-7,10-11H,8-9H2,(H,21,24). The van der Waals surface area contributed by atoms with Crippen LogP contribution in [0.3, 0.4) is 0 Å². The van der Waals surface area contributed by atoms with Crippen LogP contribution in [-0.4, -0.2) is 26.4 Å². The van der Waals surface area contributed by atoms with E-state index < -0.39 is 0 Å². The summed E-state index contributed by atoms with van der Waals surface area (Å²) in [7, 11) is 0. The fourth-order valence-corrected chi connectivity index (χ4v) is 3.17. The number of rotatable bonds is 6. The topological polar surface area (TPSA) is 59.8 Å². The molecule has 3 rings (SSSR count). The Morgan fingerprint density at radius 1 is 1.24 bits per heavy atom. The van der Waals surface area contributed by atoms with Gasteiger partial charge >= 0.3 is 0 Å². The predicted molar refractivity (Wildman–Crippen MR) is 96.7 cm³/mol. The van der Waals surface area contributed by atoms with Gasteiger partial charge in [0.1, 0.15) is 12.1 Å². The number of nitrogens with one attached hydrogen (secondary N) is 1. The zero-order valence-corrected chi connectivity index (χ0v) is 14.6. The number of hydrogen-bond donors (Lipinski definition) is 1. The smallest absolute Gasteiger partial charge is 0.225 e. The van der Waals surface area contributed by atoms with Crippen LogP contribution in [0.2, 0.25) is 5.02 Å². The number of hydrogen-bond acceptors (Lipinski definition) is 4. The Morgan fingerprint density at radius 3 is 2.80 bits per heavy atom. The molecule has 0 atom stereocenters. The normalized spacial score (nSPS) is 10.6. The first-order chi connectivity index (χ1) is 12.1. The molecule has 0 radical (unpaired) electrons. The second kappa shape index (κ2) is 8.13. The Bertz CT molecular complexity index is 869. The lowest BCUT2D eigenvalue weighted by molar-refractivity contribution is -0.115. The van der Waals surface area contributed by atoms with Crippen LogP contribution < -0.4 is 5.32 Å². The number of amides is 1. The maximum absolute atomic E-state index is 12.8. The molecule has 2 aromatic carbocycles. The molecule has 0 fully saturated rings. The van der Waals surface area contributed by atoms with E-state index in [1.807, 2.05) is 22.8 Å². The van der Waals surface area contributed by atoms with E-state index in [4.69, 9.17) is 11.6 Å². The highest BCUT2D eigenvalue weighted by molar-refractivity contribution is 7.99. The lowest BCUT2D eigenvalue weighted by Crippen LogP contribution is -2.12. The first-order valence-corrected chi connectivity index (χ1v) is 8.82. The second-order valence-corrected chi connectivity index (χ2v) is 6.62. The van der Waals surface area contributed by atoms with Crippen molar-refractivity contribution < 1.29 is 9.18 Å². The maximum Gasteiger partial charge on any atom is 0.225 e. The van der Waals surface area contributed by atoms with Crippen LogP contribution in [0.15, 0.2) is 60.0 Å². The number of thioether (sulfide) groups is 1. The number of nitrogens with zero attached hydrogens (tertiary/aromatic N) is 3. The number of aromatic nitrogens is 3. The van der Waals surface area contributed by atoms with E-state index in [-0.39, 0.29) is 11.7 Å². The van der Waals surface area contributed by atoms with Gasteiger partial charge < -0.3 is 5.32 Å². The fourth-order valence-electron chi connectivity index (χ4n) is 2.12. The van der Waals surface area contributed by atoms with Crippen LogP contribution in [0, 0.1) is 5.82 Å². The van der Waals surface area contributed by atoms with E-state index in [0.29, 0.717) is 28.0 Å². The quantitative estimate of drug-likeness (QED) is 0.655. The van der Waals surface area contributed by atoms with Gasteiger partial charge in [-0.2, -0.15) is 0 Å². The van der Waals surface area contributed by atoms with Gasteiger partial charge in [0.25, 0.3) is 0 Å². The Kier molecular flexibility index (Phi) is 5.67. The zero-order chi connectivity index (χ0) is 17.6. The van der Waals surface area contributed by atoms with Crippen molar-refractivity contribution in [2.75, 3.05) is 11.1 Å². The van der Waals surface area contributed by atoms with Gasteiger partial charge in [-0.05, 0) is 42.5 Å². The first kappa shape index (κ1) is 17.4. The third-order valence-electron chi connectivity index (χ3n) is 3.29. The van der Waals surface area contributed by atoms with Gasteiger partial charge in [-0.25, -0.2) is 4.39 Å². The Hall–Kier alpha value is -2.38. The van der Waals surface area contributed by atoms with Crippen molar-refractivity contribution in [3.8, 4) is 5.69 Å². The lowest BCUT2D eigenvalue weighted by Gasteiger charge is -2.07. The van der Waals surface area contributed by atoms with Crippen molar-refractivity contribution in [3.05, 3.63) is 65.7 Å². The van der Waals surface area contributed by atoms with Crippen molar-refractivity contribution in [2.24, 2.45) is 0 Å². The van der Waals surface area contributed by atoms with E-state index in [9.17, 15) is 9.18 Å². The molecule has 25 heavy (non-hydrogen) atoms. The highest BCUT2D eigenvalue weighted by atomic mass is 35.5. The highest BCUT2D eigenvalue weighted by Gasteiger charge is 2.09. The Morgan fingerprint density at radius 2 is 2.04 bits per heavy atom. The van der Waals surface area contributed by atoms with Gasteiger partial charge in [0.05, 0.1) is 5.69 Å². The third kappa shape index (κ3) is 4.80. The molecule has 0 saturated carbocycles. The largest absolute Gasteiger partial charge is 0.326 e. The summed E-state index contributed by atoms with van der Waals surface area (Å²) >= 11 is 7.43. The molecule has 128 valence electrons. The van der Waals surface area contributed by atoms with Gasteiger partial charge in [0.2, 0.25) is 5.91 Å². The molecule has 0 saturated heterocycles. The van der Waals surface area contributed by atoms with E-state index >= 15 is 0 Å². The van der Waals surface area contributed by atoms with Crippen LogP contribution in [-0.2, 0) is 4.79 Å². The molecular weight excluding hydrogens is 363 g/mol. The molecule has 1 aromatic heterocycles. The van der Waals surface area contributed by atoms with Crippen LogP contribution in [0.4, 0.5) is 10.1 Å². The monoisotopic (exact) mass is 376 g/mol. The number of carbonyl (C=O) groups is 1. The van der Waals surface area contributed by atoms with Gasteiger partial charge in [0, 0.05) is 22.9 Å². The van der Waals surface area contributed by atoms with Crippen LogP contribution in [0.1, 0.15) is 6.42 Å². The molecule has 8 heteroatoms. The average molecular weight is 377 g/mol. The first-order valence-electron chi connectivity index (χ1n) is 7.46. The van der Waals surface area contributed by atoms with Crippen molar-refractivity contribution in [3.63, 3.8) is 0 Å². The molecule has 5 nitrogen and oxygen atoms in total. The molecule has 0 spiro atoms. The number of anilines is 1. The molecule has 0 aliphatic rings. The van der Waals surface area contributed by atoms with Crippen molar-refractivity contribution >= 4 is 35.0 Å².